The largest absolute Gasteiger partial charge is 0.435 e. The van der Waals surface area contributed by atoms with E-state index in [1.807, 2.05) is 0 Å². The number of aryl methyl sites for hydroxylation is 1. The van der Waals surface area contributed by atoms with Crippen LogP contribution in [0.1, 0.15) is 57.8 Å². The Morgan fingerprint density at radius 1 is 1.19 bits per heavy atom. The number of pyridine rings is 1. The lowest BCUT2D eigenvalue weighted by Gasteiger charge is -2.20. The fourth-order valence-corrected chi connectivity index (χ4v) is 5.32. The lowest BCUT2D eigenvalue weighted by atomic mass is 10.0. The minimum absolute atomic E-state index is 0.0173. The van der Waals surface area contributed by atoms with Crippen LogP contribution in [-0.4, -0.2) is 32.1 Å². The third-order valence-corrected chi connectivity index (χ3v) is 7.38. The molecule has 12 heteroatoms. The van der Waals surface area contributed by atoms with Crippen molar-refractivity contribution in [2.75, 3.05) is 5.32 Å². The quantitative estimate of drug-likeness (QED) is 0.339. The molecule has 2 aromatic heterocycles. The standard InChI is InChI=1S/C24H20ClF3IN5O2/c1-12-9-14(29)10-15(21(35)32-23(6-7-23)13-4-5-13)19(12)31-22(36)17-11-18(24(26,27)28)33-34(17)20-16(25)3-2-8-30-20/h2-3,8-11,13H,4-7H2,1H3,(H,31,36)(H,32,35). The molecule has 5 rings (SSSR count). The highest BCUT2D eigenvalue weighted by Crippen LogP contribution is 2.53. The molecule has 0 unspecified atom stereocenters. The molecular formula is C24H20ClF3IN5O2. The van der Waals surface area contributed by atoms with Crippen molar-refractivity contribution in [1.29, 1.82) is 0 Å². The van der Waals surface area contributed by atoms with Crippen LogP contribution in [0.15, 0.2) is 36.5 Å². The molecule has 2 aliphatic carbocycles. The van der Waals surface area contributed by atoms with Gasteiger partial charge in [-0.1, -0.05) is 11.6 Å². The van der Waals surface area contributed by atoms with Gasteiger partial charge in [0.15, 0.2) is 11.5 Å². The van der Waals surface area contributed by atoms with E-state index in [0.717, 1.165) is 33.9 Å². The second-order valence-corrected chi connectivity index (χ2v) is 10.8. The summed E-state index contributed by atoms with van der Waals surface area (Å²) in [5, 5.41) is 9.35. The highest BCUT2D eigenvalue weighted by atomic mass is 127. The van der Waals surface area contributed by atoms with Crippen molar-refractivity contribution >= 4 is 51.7 Å². The first kappa shape index (κ1) is 25.0. The normalized spacial score (nSPS) is 16.5. The molecule has 0 spiro atoms. The summed E-state index contributed by atoms with van der Waals surface area (Å²) in [5.41, 5.74) is -0.829. The second-order valence-electron chi connectivity index (χ2n) is 9.12. The third kappa shape index (κ3) is 4.82. The Labute approximate surface area is 222 Å². The summed E-state index contributed by atoms with van der Waals surface area (Å²) in [4.78, 5) is 30.6. The fraction of sp³-hybridized carbons (Fsp3) is 0.333. The van der Waals surface area contributed by atoms with Crippen LogP contribution in [0.3, 0.4) is 0 Å². The van der Waals surface area contributed by atoms with Gasteiger partial charge in [-0.15, -0.1) is 0 Å². The second kappa shape index (κ2) is 9.02. The maximum absolute atomic E-state index is 13.5. The number of hydrogen-bond donors (Lipinski definition) is 2. The van der Waals surface area contributed by atoms with Gasteiger partial charge in [-0.3, -0.25) is 9.59 Å². The van der Waals surface area contributed by atoms with Crippen LogP contribution in [0.2, 0.25) is 5.02 Å². The van der Waals surface area contributed by atoms with E-state index in [1.165, 1.54) is 18.3 Å². The summed E-state index contributed by atoms with van der Waals surface area (Å²) in [7, 11) is 0. The Hall–Kier alpha value is -2.67. The van der Waals surface area contributed by atoms with Gasteiger partial charge in [0.1, 0.15) is 5.69 Å². The van der Waals surface area contributed by atoms with Crippen molar-refractivity contribution in [3.8, 4) is 5.82 Å². The molecule has 0 bridgehead atoms. The van der Waals surface area contributed by atoms with Gasteiger partial charge in [-0.2, -0.15) is 18.3 Å². The Balaban J connectivity index is 1.51. The van der Waals surface area contributed by atoms with Crippen LogP contribution >= 0.6 is 34.2 Å². The summed E-state index contributed by atoms with van der Waals surface area (Å²) < 4.78 is 42.0. The van der Waals surface area contributed by atoms with E-state index in [1.54, 1.807) is 19.1 Å². The van der Waals surface area contributed by atoms with Gasteiger partial charge in [-0.05, 0) is 90.9 Å². The van der Waals surface area contributed by atoms with Crippen LogP contribution in [0, 0.1) is 16.4 Å². The maximum atomic E-state index is 13.5. The zero-order valence-corrected chi connectivity index (χ0v) is 21.8. The topological polar surface area (TPSA) is 88.9 Å². The van der Waals surface area contributed by atoms with Crippen molar-refractivity contribution in [3.63, 3.8) is 0 Å². The number of carbonyl (C=O) groups is 2. The predicted molar refractivity (Wildman–Crippen MR) is 135 cm³/mol. The molecule has 2 saturated carbocycles. The summed E-state index contributed by atoms with van der Waals surface area (Å²) in [6.07, 6.45) is 0.522. The number of rotatable bonds is 6. The molecule has 0 atom stereocenters. The first-order valence-electron chi connectivity index (χ1n) is 11.2. The lowest BCUT2D eigenvalue weighted by molar-refractivity contribution is -0.141. The molecule has 0 radical (unpaired) electrons. The van der Waals surface area contributed by atoms with Gasteiger partial charge in [-0.25, -0.2) is 9.67 Å². The molecule has 2 fully saturated rings. The lowest BCUT2D eigenvalue weighted by Crippen LogP contribution is -2.39. The summed E-state index contributed by atoms with van der Waals surface area (Å²) >= 11 is 8.22. The molecule has 0 saturated heterocycles. The van der Waals surface area contributed by atoms with E-state index in [-0.39, 0.29) is 33.5 Å². The maximum Gasteiger partial charge on any atom is 0.435 e. The Kier molecular flexibility index (Phi) is 6.26. The SMILES string of the molecule is Cc1cc(I)cc(C(=O)NC2(C3CC3)CC2)c1NC(=O)c1cc(C(F)(F)F)nn1-c1ncccc1Cl. The van der Waals surface area contributed by atoms with Gasteiger partial charge >= 0.3 is 6.18 Å². The van der Waals surface area contributed by atoms with Crippen molar-refractivity contribution in [1.82, 2.24) is 20.1 Å². The summed E-state index contributed by atoms with van der Waals surface area (Å²) in [6.45, 7) is 1.72. The highest BCUT2D eigenvalue weighted by molar-refractivity contribution is 14.1. The van der Waals surface area contributed by atoms with Crippen LogP contribution in [-0.2, 0) is 6.18 Å². The number of amides is 2. The molecule has 2 heterocycles. The Morgan fingerprint density at radius 2 is 1.92 bits per heavy atom. The number of aromatic nitrogens is 3. The number of alkyl halides is 3. The van der Waals surface area contributed by atoms with E-state index in [4.69, 9.17) is 11.6 Å². The minimum Gasteiger partial charge on any atom is -0.346 e. The molecule has 1 aromatic carbocycles. The number of nitrogens with one attached hydrogen (secondary N) is 2. The van der Waals surface area contributed by atoms with Crippen LogP contribution < -0.4 is 10.6 Å². The highest BCUT2D eigenvalue weighted by Gasteiger charge is 2.55. The Bertz CT molecular complexity index is 1380. The van der Waals surface area contributed by atoms with Crippen molar-refractivity contribution in [3.05, 3.63) is 67.6 Å². The van der Waals surface area contributed by atoms with Gasteiger partial charge in [0.05, 0.1) is 16.3 Å². The molecule has 2 N–H and O–H groups in total. The number of nitrogens with zero attached hydrogens (tertiary/aromatic N) is 3. The average molecular weight is 630 g/mol. The zero-order chi connectivity index (χ0) is 25.8. The smallest absolute Gasteiger partial charge is 0.346 e. The molecule has 36 heavy (non-hydrogen) atoms. The number of carbonyl (C=O) groups excluding carboxylic acids is 2. The number of hydrogen-bond acceptors (Lipinski definition) is 4. The number of benzene rings is 1. The Morgan fingerprint density at radius 3 is 2.53 bits per heavy atom. The average Bonchev–Trinajstić information content (AvgIpc) is 3.73. The number of anilines is 1. The van der Waals surface area contributed by atoms with E-state index < -0.39 is 23.5 Å². The molecule has 3 aromatic rings. The van der Waals surface area contributed by atoms with E-state index >= 15 is 0 Å². The van der Waals surface area contributed by atoms with E-state index in [0.29, 0.717) is 17.5 Å². The van der Waals surface area contributed by atoms with Crippen molar-refractivity contribution < 1.29 is 22.8 Å². The summed E-state index contributed by atoms with van der Waals surface area (Å²) in [5.74, 6) is -0.867. The fourth-order valence-electron chi connectivity index (χ4n) is 4.34. The first-order chi connectivity index (χ1) is 17.0. The van der Waals surface area contributed by atoms with E-state index in [9.17, 15) is 22.8 Å². The van der Waals surface area contributed by atoms with Crippen LogP contribution in [0.4, 0.5) is 18.9 Å². The monoisotopic (exact) mass is 629 g/mol. The molecule has 2 aliphatic rings. The van der Waals surface area contributed by atoms with Gasteiger partial charge in [0.25, 0.3) is 11.8 Å². The molecule has 7 nitrogen and oxygen atoms in total. The van der Waals surface area contributed by atoms with Gasteiger partial charge < -0.3 is 10.6 Å². The first-order valence-corrected chi connectivity index (χ1v) is 12.7. The number of halogens is 5. The molecular weight excluding hydrogens is 610 g/mol. The van der Waals surface area contributed by atoms with Crippen LogP contribution in [0.5, 0.6) is 0 Å². The molecule has 188 valence electrons. The minimum atomic E-state index is -4.80. The van der Waals surface area contributed by atoms with Gasteiger partial charge in [0.2, 0.25) is 0 Å². The van der Waals surface area contributed by atoms with Crippen LogP contribution in [0.25, 0.3) is 5.82 Å². The third-order valence-electron chi connectivity index (χ3n) is 6.47. The zero-order valence-electron chi connectivity index (χ0n) is 18.9. The van der Waals surface area contributed by atoms with Gasteiger partial charge in [0, 0.05) is 21.4 Å². The summed E-state index contributed by atoms with van der Waals surface area (Å²) in [6, 6.07) is 6.99. The van der Waals surface area contributed by atoms with Crippen molar-refractivity contribution in [2.45, 2.75) is 44.3 Å². The molecule has 2 amide bonds. The molecule has 0 aliphatic heterocycles. The van der Waals surface area contributed by atoms with E-state index in [2.05, 4.69) is 43.3 Å². The van der Waals surface area contributed by atoms with Crippen molar-refractivity contribution in [2.24, 2.45) is 5.92 Å². The predicted octanol–water partition coefficient (Wildman–Crippen LogP) is 5.78.